The summed E-state index contributed by atoms with van der Waals surface area (Å²) < 4.78 is 9.76. The highest BCUT2D eigenvalue weighted by atomic mass is 35.5. The molecule has 0 N–H and O–H groups in total. The summed E-state index contributed by atoms with van der Waals surface area (Å²) >= 11 is 11.8. The first-order valence-electron chi connectivity index (χ1n) is 4.30. The maximum Gasteiger partial charge on any atom is 0.341 e. The predicted molar refractivity (Wildman–Crippen MR) is 59.0 cm³/mol. The van der Waals surface area contributed by atoms with Crippen LogP contribution in [0.3, 0.4) is 0 Å². The summed E-state index contributed by atoms with van der Waals surface area (Å²) in [6.45, 7) is 1.99. The zero-order chi connectivity index (χ0) is 11.4. The van der Waals surface area contributed by atoms with Crippen molar-refractivity contribution >= 4 is 29.2 Å². The van der Waals surface area contributed by atoms with Crippen molar-refractivity contribution < 1.29 is 14.3 Å². The predicted octanol–water partition coefficient (Wildman–Crippen LogP) is 3.18. The molecule has 0 aliphatic carbocycles. The third-order valence-electron chi connectivity index (χ3n) is 1.73. The van der Waals surface area contributed by atoms with Crippen molar-refractivity contribution in [3.8, 4) is 5.75 Å². The fraction of sp³-hybridized carbons (Fsp3) is 0.300. The SMILES string of the molecule is CCOC(=O)c1c(Cl)cc(OC)cc1Cl. The molecule has 0 unspecified atom stereocenters. The van der Waals surface area contributed by atoms with Gasteiger partial charge in [-0.25, -0.2) is 4.79 Å². The summed E-state index contributed by atoms with van der Waals surface area (Å²) in [5, 5.41) is 0.440. The third-order valence-corrected chi connectivity index (χ3v) is 2.33. The number of methoxy groups -OCH3 is 1. The number of benzene rings is 1. The van der Waals surface area contributed by atoms with Gasteiger partial charge in [0, 0.05) is 0 Å². The van der Waals surface area contributed by atoms with Gasteiger partial charge in [-0.3, -0.25) is 0 Å². The van der Waals surface area contributed by atoms with Gasteiger partial charge in [-0.2, -0.15) is 0 Å². The fourth-order valence-corrected chi connectivity index (χ4v) is 1.69. The summed E-state index contributed by atoms with van der Waals surface area (Å²) in [5.74, 6) is -0.0341. The second-order valence-electron chi connectivity index (χ2n) is 2.69. The maximum absolute atomic E-state index is 11.5. The van der Waals surface area contributed by atoms with Crippen LogP contribution in [0, 0.1) is 0 Å². The zero-order valence-corrected chi connectivity index (χ0v) is 9.85. The van der Waals surface area contributed by atoms with Crippen molar-refractivity contribution in [3.63, 3.8) is 0 Å². The van der Waals surface area contributed by atoms with Crippen LogP contribution in [-0.2, 0) is 4.74 Å². The van der Waals surface area contributed by atoms with Gasteiger partial charge in [-0.1, -0.05) is 23.2 Å². The number of ether oxygens (including phenoxy) is 2. The van der Waals surface area contributed by atoms with Gasteiger partial charge in [0.1, 0.15) is 5.75 Å². The van der Waals surface area contributed by atoms with Crippen LogP contribution in [0.2, 0.25) is 10.0 Å². The number of carbonyl (C=O) groups excluding carboxylic acids is 1. The van der Waals surface area contributed by atoms with E-state index in [9.17, 15) is 4.79 Å². The van der Waals surface area contributed by atoms with Crippen LogP contribution in [0.1, 0.15) is 17.3 Å². The molecule has 0 aliphatic rings. The Hall–Kier alpha value is -0.930. The van der Waals surface area contributed by atoms with E-state index >= 15 is 0 Å². The number of rotatable bonds is 3. The fourth-order valence-electron chi connectivity index (χ4n) is 1.07. The number of hydrogen-bond acceptors (Lipinski definition) is 3. The van der Waals surface area contributed by atoms with E-state index in [1.165, 1.54) is 19.2 Å². The molecule has 0 aliphatic heterocycles. The second-order valence-corrected chi connectivity index (χ2v) is 3.50. The zero-order valence-electron chi connectivity index (χ0n) is 8.34. The Kier molecular flexibility index (Phi) is 4.24. The van der Waals surface area contributed by atoms with Crippen LogP contribution in [0.5, 0.6) is 5.75 Å². The summed E-state index contributed by atoms with van der Waals surface area (Å²) in [6, 6.07) is 3.03. The Morgan fingerprint density at radius 3 is 2.27 bits per heavy atom. The third kappa shape index (κ3) is 2.76. The minimum Gasteiger partial charge on any atom is -0.497 e. The molecule has 0 amide bonds. The van der Waals surface area contributed by atoms with Gasteiger partial charge in [-0.15, -0.1) is 0 Å². The van der Waals surface area contributed by atoms with Gasteiger partial charge >= 0.3 is 5.97 Å². The highest BCUT2D eigenvalue weighted by molar-refractivity contribution is 6.39. The van der Waals surface area contributed by atoms with Gasteiger partial charge in [-0.05, 0) is 19.1 Å². The van der Waals surface area contributed by atoms with E-state index in [0.29, 0.717) is 5.75 Å². The lowest BCUT2D eigenvalue weighted by Gasteiger charge is -2.08. The smallest absolute Gasteiger partial charge is 0.341 e. The monoisotopic (exact) mass is 248 g/mol. The Labute approximate surface area is 97.9 Å². The molecule has 0 spiro atoms. The number of carbonyl (C=O) groups is 1. The van der Waals surface area contributed by atoms with E-state index in [0.717, 1.165) is 0 Å². The molecule has 1 aromatic rings. The van der Waals surface area contributed by atoms with E-state index in [4.69, 9.17) is 32.7 Å². The first-order valence-corrected chi connectivity index (χ1v) is 5.05. The molecule has 0 saturated heterocycles. The van der Waals surface area contributed by atoms with E-state index in [2.05, 4.69) is 0 Å². The van der Waals surface area contributed by atoms with Crippen molar-refractivity contribution in [2.45, 2.75) is 6.92 Å². The van der Waals surface area contributed by atoms with Gasteiger partial charge in [0.05, 0.1) is 29.3 Å². The number of hydrogen-bond donors (Lipinski definition) is 0. The van der Waals surface area contributed by atoms with Crippen molar-refractivity contribution in [1.29, 1.82) is 0 Å². The Morgan fingerprint density at radius 1 is 1.33 bits per heavy atom. The molecule has 0 heterocycles. The lowest BCUT2D eigenvalue weighted by atomic mass is 10.2. The van der Waals surface area contributed by atoms with E-state index < -0.39 is 5.97 Å². The Balaban J connectivity index is 3.13. The van der Waals surface area contributed by atoms with E-state index in [1.54, 1.807) is 6.92 Å². The van der Waals surface area contributed by atoms with Crippen LogP contribution >= 0.6 is 23.2 Å². The molecule has 3 nitrogen and oxygen atoms in total. The lowest BCUT2D eigenvalue weighted by molar-refractivity contribution is 0.0527. The van der Waals surface area contributed by atoms with Gasteiger partial charge in [0.25, 0.3) is 0 Å². The van der Waals surface area contributed by atoms with Crippen molar-refractivity contribution in [3.05, 3.63) is 27.7 Å². The van der Waals surface area contributed by atoms with Gasteiger partial charge < -0.3 is 9.47 Å². The summed E-state index contributed by atoms with van der Waals surface area (Å²) in [7, 11) is 1.49. The minimum absolute atomic E-state index is 0.168. The number of halogens is 2. The van der Waals surface area contributed by atoms with Crippen LogP contribution in [0.15, 0.2) is 12.1 Å². The molecule has 0 fully saturated rings. The van der Waals surface area contributed by atoms with Crippen molar-refractivity contribution in [2.24, 2.45) is 0 Å². The molecule has 82 valence electrons. The lowest BCUT2D eigenvalue weighted by Crippen LogP contribution is -2.06. The second kappa shape index (κ2) is 5.24. The van der Waals surface area contributed by atoms with Crippen LogP contribution < -0.4 is 4.74 Å². The molecule has 0 atom stereocenters. The first kappa shape index (κ1) is 12.1. The maximum atomic E-state index is 11.5. The average Bonchev–Trinajstić information content (AvgIpc) is 2.16. The number of esters is 1. The average molecular weight is 249 g/mol. The van der Waals surface area contributed by atoms with Crippen molar-refractivity contribution in [1.82, 2.24) is 0 Å². The van der Waals surface area contributed by atoms with Crippen molar-refractivity contribution in [2.75, 3.05) is 13.7 Å². The van der Waals surface area contributed by atoms with Gasteiger partial charge in [0.2, 0.25) is 0 Å². The molecule has 0 radical (unpaired) electrons. The standard InChI is InChI=1S/C10H10Cl2O3/c1-3-15-10(13)9-7(11)4-6(14-2)5-8(9)12/h4-5H,3H2,1-2H3. The minimum atomic E-state index is -0.532. The normalized spacial score (nSPS) is 9.87. The van der Waals surface area contributed by atoms with Gasteiger partial charge in [0.15, 0.2) is 0 Å². The van der Waals surface area contributed by atoms with Crippen LogP contribution in [-0.4, -0.2) is 19.7 Å². The molecule has 5 heteroatoms. The molecule has 1 aromatic carbocycles. The molecule has 0 saturated carbocycles. The Morgan fingerprint density at radius 2 is 1.87 bits per heavy atom. The molecule has 0 bridgehead atoms. The first-order chi connectivity index (χ1) is 7.10. The summed E-state index contributed by atoms with van der Waals surface area (Å²) in [5.41, 5.74) is 0.168. The molecular weight excluding hydrogens is 239 g/mol. The molecular formula is C10H10Cl2O3. The highest BCUT2D eigenvalue weighted by Gasteiger charge is 2.17. The summed E-state index contributed by atoms with van der Waals surface area (Å²) in [6.07, 6.45) is 0. The van der Waals surface area contributed by atoms with Crippen LogP contribution in [0.4, 0.5) is 0 Å². The Bertz CT molecular complexity index is 354. The highest BCUT2D eigenvalue weighted by Crippen LogP contribution is 2.30. The molecule has 1 rings (SSSR count). The molecule has 0 aromatic heterocycles. The van der Waals surface area contributed by atoms with E-state index in [-0.39, 0.29) is 22.2 Å². The summed E-state index contributed by atoms with van der Waals surface area (Å²) in [4.78, 5) is 11.5. The molecule has 15 heavy (non-hydrogen) atoms. The quantitative estimate of drug-likeness (QED) is 0.771. The topological polar surface area (TPSA) is 35.5 Å². The van der Waals surface area contributed by atoms with E-state index in [1.807, 2.05) is 0 Å². The van der Waals surface area contributed by atoms with Crippen LogP contribution in [0.25, 0.3) is 0 Å². The largest absolute Gasteiger partial charge is 0.497 e.